The van der Waals surface area contributed by atoms with Crippen molar-refractivity contribution in [3.8, 4) is 0 Å². The summed E-state index contributed by atoms with van der Waals surface area (Å²) in [6.45, 7) is 3.88. The van der Waals surface area contributed by atoms with Crippen LogP contribution in [0.2, 0.25) is 0 Å². The third-order valence-electron chi connectivity index (χ3n) is 3.29. The van der Waals surface area contributed by atoms with Crippen LogP contribution in [0, 0.1) is 5.92 Å². The molecule has 1 aliphatic heterocycles. The van der Waals surface area contributed by atoms with Gasteiger partial charge in [0.1, 0.15) is 6.04 Å². The van der Waals surface area contributed by atoms with Gasteiger partial charge in [0.2, 0.25) is 0 Å². The fourth-order valence-electron chi connectivity index (χ4n) is 2.20. The maximum absolute atomic E-state index is 13.0. The molecule has 2 N–H and O–H groups in total. The molecular weight excluding hydrogens is 267 g/mol. The Hall–Kier alpha value is -1.72. The summed E-state index contributed by atoms with van der Waals surface area (Å²) in [7, 11) is 0. The fraction of sp³-hybridized carbons (Fsp3) is 0.500. The molecule has 0 bridgehead atoms. The Kier molecular flexibility index (Phi) is 4.20. The van der Waals surface area contributed by atoms with Gasteiger partial charge in [-0.05, 0) is 11.5 Å². The summed E-state index contributed by atoms with van der Waals surface area (Å²) in [4.78, 5) is 4.18. The Bertz CT molecular complexity index is 468. The second kappa shape index (κ2) is 5.73. The molecule has 20 heavy (non-hydrogen) atoms. The Morgan fingerprint density at radius 1 is 1.15 bits per heavy atom. The number of guanidine groups is 1. The van der Waals surface area contributed by atoms with Crippen molar-refractivity contribution in [3.63, 3.8) is 0 Å². The summed E-state index contributed by atoms with van der Waals surface area (Å²) < 4.78 is 38.9. The van der Waals surface area contributed by atoms with Crippen LogP contribution >= 0.6 is 0 Å². The van der Waals surface area contributed by atoms with Crippen LogP contribution in [0.5, 0.6) is 0 Å². The van der Waals surface area contributed by atoms with Gasteiger partial charge in [-0.1, -0.05) is 44.2 Å². The third kappa shape index (κ3) is 3.43. The average Bonchev–Trinajstić information content (AvgIpc) is 2.82. The molecule has 0 spiro atoms. The molecule has 6 heteroatoms. The van der Waals surface area contributed by atoms with E-state index in [1.54, 1.807) is 13.8 Å². The van der Waals surface area contributed by atoms with Crippen LogP contribution in [0.4, 0.5) is 13.2 Å². The van der Waals surface area contributed by atoms with Crippen molar-refractivity contribution in [1.29, 1.82) is 0 Å². The summed E-state index contributed by atoms with van der Waals surface area (Å²) >= 11 is 0. The van der Waals surface area contributed by atoms with Gasteiger partial charge in [0, 0.05) is 0 Å². The highest BCUT2D eigenvalue weighted by molar-refractivity contribution is 5.83. The SMILES string of the molecule is CC(C)C1NC(=NCc2ccccc2)NC1C(F)(F)F. The lowest BCUT2D eigenvalue weighted by Gasteiger charge is -2.23. The van der Waals surface area contributed by atoms with Gasteiger partial charge in [0.15, 0.2) is 5.96 Å². The van der Waals surface area contributed by atoms with Crippen molar-refractivity contribution in [1.82, 2.24) is 10.6 Å². The predicted molar refractivity (Wildman–Crippen MR) is 72.3 cm³/mol. The smallest absolute Gasteiger partial charge is 0.351 e. The van der Waals surface area contributed by atoms with Crippen molar-refractivity contribution in [2.45, 2.75) is 38.7 Å². The molecule has 2 rings (SSSR count). The van der Waals surface area contributed by atoms with Gasteiger partial charge in [-0.25, -0.2) is 4.99 Å². The van der Waals surface area contributed by atoms with E-state index in [2.05, 4.69) is 15.6 Å². The van der Waals surface area contributed by atoms with Crippen LogP contribution < -0.4 is 10.6 Å². The Morgan fingerprint density at radius 3 is 2.30 bits per heavy atom. The van der Waals surface area contributed by atoms with Gasteiger partial charge in [-0.3, -0.25) is 0 Å². The highest BCUT2D eigenvalue weighted by Crippen LogP contribution is 2.28. The van der Waals surface area contributed by atoms with Crippen LogP contribution in [-0.2, 0) is 6.54 Å². The molecule has 0 aliphatic carbocycles. The minimum absolute atomic E-state index is 0.140. The van der Waals surface area contributed by atoms with E-state index in [-0.39, 0.29) is 11.9 Å². The first-order valence-electron chi connectivity index (χ1n) is 6.56. The molecule has 0 saturated carbocycles. The number of alkyl halides is 3. The summed E-state index contributed by atoms with van der Waals surface area (Å²) in [5.74, 6) is 0.0772. The molecule has 110 valence electrons. The monoisotopic (exact) mass is 285 g/mol. The number of nitrogens with zero attached hydrogens (tertiary/aromatic N) is 1. The summed E-state index contributed by atoms with van der Waals surface area (Å²) in [6.07, 6.45) is -4.29. The molecular formula is C14H18F3N3. The number of rotatable bonds is 3. The van der Waals surface area contributed by atoms with Crippen LogP contribution in [0.25, 0.3) is 0 Å². The minimum atomic E-state index is -4.29. The lowest BCUT2D eigenvalue weighted by molar-refractivity contribution is -0.156. The van der Waals surface area contributed by atoms with Gasteiger partial charge in [0.25, 0.3) is 0 Å². The molecule has 2 atom stereocenters. The van der Waals surface area contributed by atoms with Crippen LogP contribution in [-0.4, -0.2) is 24.2 Å². The molecule has 1 fully saturated rings. The summed E-state index contributed by atoms with van der Waals surface area (Å²) in [5.41, 5.74) is 0.958. The topological polar surface area (TPSA) is 36.4 Å². The van der Waals surface area contributed by atoms with Crippen LogP contribution in [0.1, 0.15) is 19.4 Å². The normalized spacial score (nSPS) is 24.8. The maximum atomic E-state index is 13.0. The lowest BCUT2D eigenvalue weighted by Crippen LogP contribution is -2.48. The summed E-state index contributed by atoms with van der Waals surface area (Å²) in [5, 5.41) is 5.28. The lowest BCUT2D eigenvalue weighted by atomic mass is 9.98. The van der Waals surface area contributed by atoms with E-state index in [9.17, 15) is 13.2 Å². The number of nitrogens with one attached hydrogen (secondary N) is 2. The molecule has 0 amide bonds. The Balaban J connectivity index is 2.08. The van der Waals surface area contributed by atoms with Gasteiger partial charge in [-0.2, -0.15) is 13.2 Å². The number of hydrogen-bond donors (Lipinski definition) is 2. The van der Waals surface area contributed by atoms with E-state index in [4.69, 9.17) is 0 Å². The van der Waals surface area contributed by atoms with E-state index in [0.29, 0.717) is 6.54 Å². The fourth-order valence-corrected chi connectivity index (χ4v) is 2.20. The molecule has 1 aromatic rings. The average molecular weight is 285 g/mol. The predicted octanol–water partition coefficient (Wildman–Crippen LogP) is 2.69. The molecule has 3 nitrogen and oxygen atoms in total. The number of aliphatic imine (C=N–C) groups is 1. The Labute approximate surface area is 116 Å². The van der Waals surface area contributed by atoms with E-state index in [1.807, 2.05) is 30.3 Å². The van der Waals surface area contributed by atoms with Crippen LogP contribution in [0.15, 0.2) is 35.3 Å². The summed E-state index contributed by atoms with van der Waals surface area (Å²) in [6, 6.07) is 7.14. The van der Waals surface area contributed by atoms with E-state index >= 15 is 0 Å². The Morgan fingerprint density at radius 2 is 1.80 bits per heavy atom. The van der Waals surface area contributed by atoms with E-state index in [1.165, 1.54) is 0 Å². The van der Waals surface area contributed by atoms with Crippen molar-refractivity contribution in [2.75, 3.05) is 0 Å². The van der Waals surface area contributed by atoms with Crippen LogP contribution in [0.3, 0.4) is 0 Å². The molecule has 1 aliphatic rings. The first kappa shape index (κ1) is 14.7. The molecule has 0 radical (unpaired) electrons. The number of halogens is 3. The standard InChI is InChI=1S/C14H18F3N3/c1-9(2)11-12(14(15,16)17)20-13(19-11)18-8-10-6-4-3-5-7-10/h3-7,9,11-12H,8H2,1-2H3,(H2,18,19,20). The second-order valence-electron chi connectivity index (χ2n) is 5.23. The van der Waals surface area contributed by atoms with Gasteiger partial charge >= 0.3 is 6.18 Å². The zero-order valence-electron chi connectivity index (χ0n) is 11.4. The molecule has 1 aromatic carbocycles. The maximum Gasteiger partial charge on any atom is 0.410 e. The highest BCUT2D eigenvalue weighted by atomic mass is 19.4. The van der Waals surface area contributed by atoms with Gasteiger partial charge < -0.3 is 10.6 Å². The van der Waals surface area contributed by atoms with Crippen molar-refractivity contribution in [3.05, 3.63) is 35.9 Å². The molecule has 1 heterocycles. The van der Waals surface area contributed by atoms with E-state index in [0.717, 1.165) is 5.56 Å². The zero-order chi connectivity index (χ0) is 14.8. The second-order valence-corrected chi connectivity index (χ2v) is 5.23. The van der Waals surface area contributed by atoms with Gasteiger partial charge in [-0.15, -0.1) is 0 Å². The zero-order valence-corrected chi connectivity index (χ0v) is 11.4. The largest absolute Gasteiger partial charge is 0.410 e. The van der Waals surface area contributed by atoms with Crippen molar-refractivity contribution < 1.29 is 13.2 Å². The minimum Gasteiger partial charge on any atom is -0.351 e. The number of benzene rings is 1. The first-order chi connectivity index (χ1) is 9.38. The molecule has 0 aromatic heterocycles. The van der Waals surface area contributed by atoms with Crippen molar-refractivity contribution in [2.24, 2.45) is 10.9 Å². The van der Waals surface area contributed by atoms with Crippen molar-refractivity contribution >= 4 is 5.96 Å². The first-order valence-corrected chi connectivity index (χ1v) is 6.56. The molecule has 1 saturated heterocycles. The third-order valence-corrected chi connectivity index (χ3v) is 3.29. The molecule has 2 unspecified atom stereocenters. The quantitative estimate of drug-likeness (QED) is 0.896. The van der Waals surface area contributed by atoms with E-state index < -0.39 is 18.3 Å². The van der Waals surface area contributed by atoms with Gasteiger partial charge in [0.05, 0.1) is 12.6 Å². The number of hydrogen-bond acceptors (Lipinski definition) is 1. The highest BCUT2D eigenvalue weighted by Gasteiger charge is 2.50.